The number of rotatable bonds is 3. The number of hydrogen-bond donors (Lipinski definition) is 1. The SMILES string of the molecule is CCc1cc(C(=O)NCC(F)(F)F)cc(Cl)n1. The van der Waals surface area contributed by atoms with Gasteiger partial charge in [-0.05, 0) is 18.6 Å². The van der Waals surface area contributed by atoms with Crippen molar-refractivity contribution >= 4 is 17.5 Å². The first-order valence-electron chi connectivity index (χ1n) is 4.83. The van der Waals surface area contributed by atoms with Crippen molar-refractivity contribution in [3.8, 4) is 0 Å². The summed E-state index contributed by atoms with van der Waals surface area (Å²) in [6, 6.07) is 2.64. The van der Waals surface area contributed by atoms with Crippen molar-refractivity contribution in [2.45, 2.75) is 19.5 Å². The molecule has 0 aromatic carbocycles. The van der Waals surface area contributed by atoms with Crippen molar-refractivity contribution in [3.05, 3.63) is 28.5 Å². The third-order valence-electron chi connectivity index (χ3n) is 1.92. The second-order valence-electron chi connectivity index (χ2n) is 3.32. The van der Waals surface area contributed by atoms with Crippen LogP contribution in [0.3, 0.4) is 0 Å². The molecule has 1 heterocycles. The number of nitrogens with one attached hydrogen (secondary N) is 1. The molecule has 7 heteroatoms. The maximum absolute atomic E-state index is 11.9. The van der Waals surface area contributed by atoms with E-state index >= 15 is 0 Å². The van der Waals surface area contributed by atoms with Crippen molar-refractivity contribution in [2.24, 2.45) is 0 Å². The molecule has 0 aliphatic carbocycles. The first-order valence-corrected chi connectivity index (χ1v) is 5.21. The topological polar surface area (TPSA) is 42.0 Å². The monoisotopic (exact) mass is 266 g/mol. The highest BCUT2D eigenvalue weighted by molar-refractivity contribution is 6.29. The molecule has 0 fully saturated rings. The molecule has 0 saturated heterocycles. The highest BCUT2D eigenvalue weighted by Crippen LogP contribution is 2.14. The maximum atomic E-state index is 11.9. The Morgan fingerprint density at radius 2 is 2.12 bits per heavy atom. The average Bonchev–Trinajstić information content (AvgIpc) is 2.23. The molecular formula is C10H10ClF3N2O. The lowest BCUT2D eigenvalue weighted by Gasteiger charge is -2.09. The summed E-state index contributed by atoms with van der Waals surface area (Å²) in [5, 5.41) is 1.85. The minimum absolute atomic E-state index is 0.0751. The van der Waals surface area contributed by atoms with Crippen LogP contribution in [0.4, 0.5) is 13.2 Å². The molecule has 0 bridgehead atoms. The van der Waals surface area contributed by atoms with Gasteiger partial charge in [-0.3, -0.25) is 4.79 Å². The van der Waals surface area contributed by atoms with Crippen LogP contribution in [0, 0.1) is 0 Å². The lowest BCUT2D eigenvalue weighted by molar-refractivity contribution is -0.123. The van der Waals surface area contributed by atoms with Gasteiger partial charge in [-0.15, -0.1) is 0 Å². The lowest BCUT2D eigenvalue weighted by atomic mass is 10.2. The zero-order valence-corrected chi connectivity index (χ0v) is 9.69. The number of aryl methyl sites for hydroxylation is 1. The Morgan fingerprint density at radius 1 is 1.47 bits per heavy atom. The quantitative estimate of drug-likeness (QED) is 0.855. The predicted molar refractivity (Wildman–Crippen MR) is 57.0 cm³/mol. The minimum Gasteiger partial charge on any atom is -0.343 e. The van der Waals surface area contributed by atoms with Crippen molar-refractivity contribution in [2.75, 3.05) is 6.54 Å². The molecule has 0 unspecified atom stereocenters. The summed E-state index contributed by atoms with van der Waals surface area (Å²) in [6.07, 6.45) is -3.89. The molecule has 0 saturated carbocycles. The number of pyridine rings is 1. The standard InChI is InChI=1S/C10H10ClF3N2O/c1-2-7-3-6(4-8(11)16-7)9(17)15-5-10(12,13)14/h3-4H,2,5H2,1H3,(H,15,17). The number of alkyl halides is 3. The Kier molecular flexibility index (Phi) is 4.34. The van der Waals surface area contributed by atoms with Gasteiger partial charge in [0.25, 0.3) is 5.91 Å². The van der Waals surface area contributed by atoms with Crippen molar-refractivity contribution in [1.82, 2.24) is 10.3 Å². The van der Waals surface area contributed by atoms with Crippen LogP contribution in [0.25, 0.3) is 0 Å². The highest BCUT2D eigenvalue weighted by atomic mass is 35.5. The van der Waals surface area contributed by atoms with E-state index in [4.69, 9.17) is 11.6 Å². The van der Waals surface area contributed by atoms with Crippen molar-refractivity contribution in [3.63, 3.8) is 0 Å². The molecule has 1 rings (SSSR count). The Labute approximate surface area is 101 Å². The van der Waals surface area contributed by atoms with Gasteiger partial charge in [0, 0.05) is 11.3 Å². The van der Waals surface area contributed by atoms with Crippen LogP contribution in [0.2, 0.25) is 5.15 Å². The highest BCUT2D eigenvalue weighted by Gasteiger charge is 2.28. The Balaban J connectivity index is 2.78. The molecule has 1 aromatic rings. The molecule has 0 aliphatic rings. The van der Waals surface area contributed by atoms with Gasteiger partial charge < -0.3 is 5.32 Å². The Bertz CT molecular complexity index is 421. The zero-order chi connectivity index (χ0) is 13.1. The molecule has 1 N–H and O–H groups in total. The van der Waals surface area contributed by atoms with Crippen LogP contribution >= 0.6 is 11.6 Å². The number of carbonyl (C=O) groups excluding carboxylic acids is 1. The van der Waals surface area contributed by atoms with Crippen LogP contribution < -0.4 is 5.32 Å². The van der Waals surface area contributed by atoms with E-state index in [1.165, 1.54) is 12.1 Å². The van der Waals surface area contributed by atoms with E-state index < -0.39 is 18.6 Å². The van der Waals surface area contributed by atoms with Gasteiger partial charge in [-0.1, -0.05) is 18.5 Å². The van der Waals surface area contributed by atoms with E-state index in [1.807, 2.05) is 0 Å². The Morgan fingerprint density at radius 3 is 2.65 bits per heavy atom. The first-order chi connectivity index (χ1) is 7.81. The Hall–Kier alpha value is -1.30. The summed E-state index contributed by atoms with van der Waals surface area (Å²) >= 11 is 5.65. The summed E-state index contributed by atoms with van der Waals surface area (Å²) in [7, 11) is 0. The average molecular weight is 267 g/mol. The lowest BCUT2D eigenvalue weighted by Crippen LogP contribution is -2.33. The molecule has 17 heavy (non-hydrogen) atoms. The predicted octanol–water partition coefficient (Wildman–Crippen LogP) is 2.59. The van der Waals surface area contributed by atoms with Crippen LogP contribution in [0.15, 0.2) is 12.1 Å². The fraction of sp³-hybridized carbons (Fsp3) is 0.400. The number of halogens is 4. The summed E-state index contributed by atoms with van der Waals surface area (Å²) in [5.41, 5.74) is 0.626. The number of hydrogen-bond acceptors (Lipinski definition) is 2. The van der Waals surface area contributed by atoms with E-state index in [9.17, 15) is 18.0 Å². The minimum atomic E-state index is -4.43. The normalized spacial score (nSPS) is 11.4. The van der Waals surface area contributed by atoms with Crippen LogP contribution in [0.5, 0.6) is 0 Å². The van der Waals surface area contributed by atoms with Crippen molar-refractivity contribution in [1.29, 1.82) is 0 Å². The van der Waals surface area contributed by atoms with Gasteiger partial charge in [0.15, 0.2) is 0 Å². The van der Waals surface area contributed by atoms with E-state index in [-0.39, 0.29) is 10.7 Å². The molecule has 3 nitrogen and oxygen atoms in total. The number of aromatic nitrogens is 1. The maximum Gasteiger partial charge on any atom is 0.405 e. The second kappa shape index (κ2) is 5.35. The van der Waals surface area contributed by atoms with Gasteiger partial charge in [-0.2, -0.15) is 13.2 Å². The molecule has 94 valence electrons. The van der Waals surface area contributed by atoms with Gasteiger partial charge in [0.05, 0.1) is 0 Å². The van der Waals surface area contributed by atoms with Crippen molar-refractivity contribution < 1.29 is 18.0 Å². The molecule has 0 radical (unpaired) electrons. The van der Waals surface area contributed by atoms with Crippen LogP contribution in [-0.2, 0) is 6.42 Å². The molecule has 1 amide bonds. The number of amides is 1. The summed E-state index contributed by atoms with van der Waals surface area (Å²) in [6.45, 7) is 0.434. The fourth-order valence-corrected chi connectivity index (χ4v) is 1.37. The molecule has 0 atom stereocenters. The third-order valence-corrected chi connectivity index (χ3v) is 2.11. The molecular weight excluding hydrogens is 257 g/mol. The van der Waals surface area contributed by atoms with Crippen LogP contribution in [-0.4, -0.2) is 23.6 Å². The summed E-state index contributed by atoms with van der Waals surface area (Å²) in [5.74, 6) is -0.818. The number of nitrogens with zero attached hydrogens (tertiary/aromatic N) is 1. The van der Waals surface area contributed by atoms with Gasteiger partial charge >= 0.3 is 6.18 Å². The van der Waals surface area contributed by atoms with E-state index in [0.717, 1.165) is 0 Å². The first kappa shape index (κ1) is 13.8. The van der Waals surface area contributed by atoms with E-state index in [2.05, 4.69) is 4.98 Å². The van der Waals surface area contributed by atoms with Gasteiger partial charge in [0.2, 0.25) is 0 Å². The zero-order valence-electron chi connectivity index (χ0n) is 8.94. The third kappa shape index (κ3) is 4.60. The fourth-order valence-electron chi connectivity index (χ4n) is 1.15. The molecule has 0 spiro atoms. The second-order valence-corrected chi connectivity index (χ2v) is 3.71. The van der Waals surface area contributed by atoms with Gasteiger partial charge in [-0.25, -0.2) is 4.98 Å². The van der Waals surface area contributed by atoms with Gasteiger partial charge in [0.1, 0.15) is 11.7 Å². The number of carbonyl (C=O) groups is 1. The van der Waals surface area contributed by atoms with E-state index in [0.29, 0.717) is 12.1 Å². The largest absolute Gasteiger partial charge is 0.405 e. The summed E-state index contributed by atoms with van der Waals surface area (Å²) in [4.78, 5) is 15.3. The summed E-state index contributed by atoms with van der Waals surface area (Å²) < 4.78 is 35.7. The smallest absolute Gasteiger partial charge is 0.343 e. The van der Waals surface area contributed by atoms with Crippen LogP contribution in [0.1, 0.15) is 23.0 Å². The molecule has 1 aromatic heterocycles. The molecule has 0 aliphatic heterocycles. The van der Waals surface area contributed by atoms with E-state index in [1.54, 1.807) is 12.2 Å².